The van der Waals surface area contributed by atoms with Crippen molar-refractivity contribution in [1.29, 1.82) is 5.26 Å². The molecule has 2 heterocycles. The molecule has 0 radical (unpaired) electrons. The molecule has 0 amide bonds. The van der Waals surface area contributed by atoms with Crippen molar-refractivity contribution >= 4 is 34.4 Å². The maximum atomic E-state index is 13.9. The van der Waals surface area contributed by atoms with Crippen LogP contribution in [0.3, 0.4) is 0 Å². The Balaban J connectivity index is 1.92. The second-order valence-electron chi connectivity index (χ2n) is 9.49. The van der Waals surface area contributed by atoms with E-state index < -0.39 is 11.7 Å². The smallest absolute Gasteiger partial charge is 0.162 e. The van der Waals surface area contributed by atoms with Crippen LogP contribution in [-0.2, 0) is 11.2 Å². The third-order valence-electron chi connectivity index (χ3n) is 6.29. The van der Waals surface area contributed by atoms with Crippen molar-refractivity contribution in [3.05, 3.63) is 73.6 Å². The number of unbranched alkanes of at least 4 members (excludes halogenated alkanes) is 1. The largest absolute Gasteiger partial charge is 0.384 e. The van der Waals surface area contributed by atoms with E-state index in [4.69, 9.17) is 17.3 Å². The lowest BCUT2D eigenvalue weighted by molar-refractivity contribution is -0.118. The molecule has 0 bridgehead atoms. The molecular weight excluding hydrogens is 457 g/mol. The SMILES string of the molecule is CCCCc1ccc(C2C(C#N)=C(N)N(c3ccc(F)c(Cl)c3)C3=C2C(=O)CC(C)(C)C3)s1. The number of thiophene rings is 1. The topological polar surface area (TPSA) is 70.1 Å². The van der Waals surface area contributed by atoms with E-state index in [0.29, 0.717) is 29.7 Å². The summed E-state index contributed by atoms with van der Waals surface area (Å²) in [5, 5.41) is 10.1. The van der Waals surface area contributed by atoms with Crippen LogP contribution in [0.2, 0.25) is 5.02 Å². The lowest BCUT2D eigenvalue weighted by Gasteiger charge is -2.43. The van der Waals surface area contributed by atoms with Crippen LogP contribution in [0.1, 0.15) is 62.1 Å². The molecular formula is C26H27ClFN3OS. The summed E-state index contributed by atoms with van der Waals surface area (Å²) in [5.74, 6) is -0.738. The number of nitrogens with two attached hydrogens (primary N) is 1. The van der Waals surface area contributed by atoms with Gasteiger partial charge in [0.05, 0.1) is 22.6 Å². The Morgan fingerprint density at radius 1 is 1.30 bits per heavy atom. The molecule has 4 rings (SSSR count). The molecule has 33 heavy (non-hydrogen) atoms. The molecule has 7 heteroatoms. The van der Waals surface area contributed by atoms with Crippen molar-refractivity contribution in [2.45, 2.75) is 58.8 Å². The number of nitrogens with zero attached hydrogens (tertiary/aromatic N) is 2. The molecule has 1 aromatic carbocycles. The van der Waals surface area contributed by atoms with Crippen molar-refractivity contribution in [3.8, 4) is 6.07 Å². The minimum absolute atomic E-state index is 0.0215. The highest BCUT2D eigenvalue weighted by atomic mass is 35.5. The minimum Gasteiger partial charge on any atom is -0.384 e. The predicted octanol–water partition coefficient (Wildman–Crippen LogP) is 6.82. The van der Waals surface area contributed by atoms with Crippen molar-refractivity contribution in [2.24, 2.45) is 11.1 Å². The van der Waals surface area contributed by atoms with Gasteiger partial charge in [0.15, 0.2) is 5.78 Å². The van der Waals surface area contributed by atoms with Gasteiger partial charge in [-0.05, 0) is 55.0 Å². The first-order valence-electron chi connectivity index (χ1n) is 11.2. The number of ketones is 1. The van der Waals surface area contributed by atoms with Crippen LogP contribution in [0.15, 0.2) is 53.0 Å². The third kappa shape index (κ3) is 4.32. The van der Waals surface area contributed by atoms with E-state index in [9.17, 15) is 14.4 Å². The fraction of sp³-hybridized carbons (Fsp3) is 0.385. The summed E-state index contributed by atoms with van der Waals surface area (Å²) in [6, 6.07) is 10.7. The molecule has 2 aliphatic rings. The van der Waals surface area contributed by atoms with E-state index in [0.717, 1.165) is 29.8 Å². The van der Waals surface area contributed by atoms with E-state index in [2.05, 4.69) is 19.1 Å². The fourth-order valence-corrected chi connectivity index (χ4v) is 6.10. The molecule has 2 aromatic rings. The van der Waals surface area contributed by atoms with Gasteiger partial charge in [0.2, 0.25) is 0 Å². The number of Topliss-reactive ketones (excluding diaryl/α,β-unsaturated/α-hetero) is 1. The minimum atomic E-state index is -0.536. The Bertz CT molecular complexity index is 1220. The van der Waals surface area contributed by atoms with Crippen molar-refractivity contribution in [3.63, 3.8) is 0 Å². The van der Waals surface area contributed by atoms with Crippen molar-refractivity contribution in [1.82, 2.24) is 0 Å². The molecule has 0 saturated carbocycles. The van der Waals surface area contributed by atoms with Gasteiger partial charge < -0.3 is 5.73 Å². The van der Waals surface area contributed by atoms with Gasteiger partial charge in [-0.15, -0.1) is 11.3 Å². The Morgan fingerprint density at radius 3 is 2.73 bits per heavy atom. The fourth-order valence-electron chi connectivity index (χ4n) is 4.75. The van der Waals surface area contributed by atoms with Gasteiger partial charge in [0.25, 0.3) is 0 Å². The van der Waals surface area contributed by atoms with Crippen LogP contribution >= 0.6 is 22.9 Å². The average molecular weight is 484 g/mol. The number of carbonyl (C=O) groups is 1. The van der Waals surface area contributed by atoms with Gasteiger partial charge in [-0.2, -0.15) is 5.26 Å². The van der Waals surface area contributed by atoms with E-state index >= 15 is 0 Å². The van der Waals surface area contributed by atoms with Crippen molar-refractivity contribution in [2.75, 3.05) is 4.90 Å². The Labute approximate surface area is 203 Å². The van der Waals surface area contributed by atoms with Crippen LogP contribution in [-0.4, -0.2) is 5.78 Å². The number of anilines is 1. The first-order valence-corrected chi connectivity index (χ1v) is 12.4. The Hall–Kier alpha value is -2.62. The standard InChI is InChI=1S/C26H27ClFN3OS/c1-4-5-6-16-8-10-22(33-16)23-17(14-29)25(30)31(15-7-9-19(28)18(27)11-15)20-12-26(2,3)13-21(32)24(20)23/h7-11,23H,4-6,12-13,30H2,1-3H3. The third-order valence-corrected chi connectivity index (χ3v) is 7.79. The monoisotopic (exact) mass is 483 g/mol. The van der Waals surface area contributed by atoms with Gasteiger partial charge in [0, 0.05) is 33.1 Å². The number of allylic oxidation sites excluding steroid dienone is 3. The normalized spacial score (nSPS) is 20.2. The number of hydrogen-bond donors (Lipinski definition) is 1. The average Bonchev–Trinajstić information content (AvgIpc) is 3.21. The number of aryl methyl sites for hydroxylation is 1. The Morgan fingerprint density at radius 2 is 2.06 bits per heavy atom. The number of carbonyl (C=O) groups excluding carboxylic acids is 1. The predicted molar refractivity (Wildman–Crippen MR) is 131 cm³/mol. The highest BCUT2D eigenvalue weighted by molar-refractivity contribution is 7.12. The number of hydrogen-bond acceptors (Lipinski definition) is 5. The van der Waals surface area contributed by atoms with E-state index in [1.807, 2.05) is 19.9 Å². The van der Waals surface area contributed by atoms with Gasteiger partial charge in [-0.25, -0.2) is 4.39 Å². The molecule has 1 atom stereocenters. The molecule has 1 aliphatic heterocycles. The molecule has 2 N–H and O–H groups in total. The summed E-state index contributed by atoms with van der Waals surface area (Å²) in [7, 11) is 0. The molecule has 1 unspecified atom stereocenters. The Kier molecular flexibility index (Phi) is 6.39. The van der Waals surface area contributed by atoms with Crippen LogP contribution in [0.4, 0.5) is 10.1 Å². The quantitative estimate of drug-likeness (QED) is 0.506. The molecule has 4 nitrogen and oxygen atoms in total. The first-order chi connectivity index (χ1) is 15.7. The van der Waals surface area contributed by atoms with E-state index in [1.54, 1.807) is 22.3 Å². The summed E-state index contributed by atoms with van der Waals surface area (Å²) < 4.78 is 13.9. The maximum Gasteiger partial charge on any atom is 0.162 e. The second-order valence-corrected chi connectivity index (χ2v) is 11.1. The van der Waals surface area contributed by atoms with Crippen LogP contribution < -0.4 is 10.6 Å². The number of nitriles is 1. The zero-order valence-corrected chi connectivity index (χ0v) is 20.6. The van der Waals surface area contributed by atoms with Crippen LogP contribution in [0.25, 0.3) is 0 Å². The summed E-state index contributed by atoms with van der Waals surface area (Å²) >= 11 is 7.72. The summed E-state index contributed by atoms with van der Waals surface area (Å²) in [4.78, 5) is 17.4. The lowest BCUT2D eigenvalue weighted by atomic mass is 9.69. The van der Waals surface area contributed by atoms with Crippen LogP contribution in [0.5, 0.6) is 0 Å². The highest BCUT2D eigenvalue weighted by Gasteiger charge is 2.45. The van der Waals surface area contributed by atoms with E-state index in [1.165, 1.54) is 17.0 Å². The number of rotatable bonds is 5. The van der Waals surface area contributed by atoms with Gasteiger partial charge in [0.1, 0.15) is 11.6 Å². The first kappa shape index (κ1) is 23.5. The molecule has 0 saturated heterocycles. The lowest BCUT2D eigenvalue weighted by Crippen LogP contribution is -2.42. The zero-order chi connectivity index (χ0) is 23.9. The maximum absolute atomic E-state index is 13.9. The van der Waals surface area contributed by atoms with Crippen molar-refractivity contribution < 1.29 is 9.18 Å². The summed E-state index contributed by atoms with van der Waals surface area (Å²) in [5.41, 5.74) is 8.61. The summed E-state index contributed by atoms with van der Waals surface area (Å²) in [6.45, 7) is 6.25. The molecule has 0 fully saturated rings. The highest BCUT2D eigenvalue weighted by Crippen LogP contribution is 2.51. The van der Waals surface area contributed by atoms with Gasteiger partial charge in [-0.3, -0.25) is 9.69 Å². The summed E-state index contributed by atoms with van der Waals surface area (Å²) in [6.07, 6.45) is 4.17. The van der Waals surface area contributed by atoms with E-state index in [-0.39, 0.29) is 22.0 Å². The van der Waals surface area contributed by atoms with Gasteiger partial charge in [-0.1, -0.05) is 38.8 Å². The zero-order valence-electron chi connectivity index (χ0n) is 19.0. The molecule has 1 aliphatic carbocycles. The van der Waals surface area contributed by atoms with Crippen LogP contribution in [0, 0.1) is 22.6 Å². The second kappa shape index (κ2) is 8.96. The molecule has 0 spiro atoms. The van der Waals surface area contributed by atoms with Gasteiger partial charge >= 0.3 is 0 Å². The molecule has 172 valence electrons. The molecule has 1 aromatic heterocycles. The number of halogens is 2. The number of benzene rings is 1.